The molecule has 0 aromatic heterocycles. The van der Waals surface area contributed by atoms with Gasteiger partial charge in [-0.05, 0) is 30.5 Å². The molecule has 0 atom stereocenters. The van der Waals surface area contributed by atoms with Gasteiger partial charge < -0.3 is 4.74 Å². The molecule has 0 saturated carbocycles. The maximum Gasteiger partial charge on any atom is 0.118 e. The monoisotopic (exact) mass is 254 g/mol. The first-order valence-electron chi connectivity index (χ1n) is 6.08. The number of hydrogen-bond donors (Lipinski definition) is 0. The van der Waals surface area contributed by atoms with E-state index in [1.54, 1.807) is 7.11 Å². The Morgan fingerprint density at radius 1 is 1.24 bits per heavy atom. The van der Waals surface area contributed by atoms with Gasteiger partial charge in [-0.1, -0.05) is 38.0 Å². The van der Waals surface area contributed by atoms with Gasteiger partial charge in [0.15, 0.2) is 0 Å². The van der Waals surface area contributed by atoms with Crippen molar-refractivity contribution in [1.82, 2.24) is 0 Å². The van der Waals surface area contributed by atoms with Gasteiger partial charge in [0.2, 0.25) is 0 Å². The van der Waals surface area contributed by atoms with Crippen molar-refractivity contribution in [2.75, 3.05) is 13.0 Å². The van der Waals surface area contributed by atoms with Gasteiger partial charge in [-0.2, -0.15) is 0 Å². The minimum atomic E-state index is 0.827. The fourth-order valence-corrected chi connectivity index (χ4v) is 1.46. The Hall–Kier alpha value is -0.950. The van der Waals surface area contributed by atoms with Crippen LogP contribution in [0.25, 0.3) is 0 Å². The Balaban J connectivity index is 0.000000366. The normalized spacial score (nSPS) is 9.12. The van der Waals surface area contributed by atoms with Crippen LogP contribution in [0.4, 0.5) is 0 Å². The highest BCUT2D eigenvalue weighted by molar-refractivity contribution is 6.17. The van der Waals surface area contributed by atoms with Crippen LogP contribution >= 0.6 is 11.6 Å². The van der Waals surface area contributed by atoms with Crippen LogP contribution < -0.4 is 4.74 Å². The average molecular weight is 255 g/mol. The van der Waals surface area contributed by atoms with Gasteiger partial charge in [0, 0.05) is 5.88 Å². The summed E-state index contributed by atoms with van der Waals surface area (Å²) in [6, 6.07) is 8.00. The molecule has 17 heavy (non-hydrogen) atoms. The predicted octanol–water partition coefficient (Wildman–Crippen LogP) is 4.84. The molecule has 0 aliphatic rings. The van der Waals surface area contributed by atoms with E-state index in [9.17, 15) is 0 Å². The molecule has 0 bridgehead atoms. The zero-order valence-electron chi connectivity index (χ0n) is 10.9. The number of unbranched alkanes of at least 4 members (excludes halogenated alkanes) is 2. The summed E-state index contributed by atoms with van der Waals surface area (Å²) >= 11 is 5.38. The van der Waals surface area contributed by atoms with Crippen LogP contribution in [0, 0.1) is 0 Å². The third-order valence-corrected chi connectivity index (χ3v) is 2.54. The van der Waals surface area contributed by atoms with Gasteiger partial charge in [-0.3, -0.25) is 0 Å². The molecule has 0 aliphatic carbocycles. The van der Waals surface area contributed by atoms with Gasteiger partial charge >= 0.3 is 0 Å². The van der Waals surface area contributed by atoms with E-state index in [0.29, 0.717) is 0 Å². The second-order valence-corrected chi connectivity index (χ2v) is 4.11. The van der Waals surface area contributed by atoms with Crippen molar-refractivity contribution in [3.63, 3.8) is 0 Å². The van der Waals surface area contributed by atoms with Crippen molar-refractivity contribution in [2.24, 2.45) is 0 Å². The lowest BCUT2D eigenvalue weighted by molar-refractivity contribution is 0.414. The number of allylic oxidation sites excluding steroid dienone is 1. The summed E-state index contributed by atoms with van der Waals surface area (Å²) in [6.45, 7) is 5.84. The van der Waals surface area contributed by atoms with Crippen LogP contribution in [0.3, 0.4) is 0 Å². The molecule has 0 saturated heterocycles. The fourth-order valence-electron chi connectivity index (χ4n) is 1.27. The Kier molecular flexibility index (Phi) is 10.9. The maximum atomic E-state index is 5.38. The number of benzene rings is 1. The minimum Gasteiger partial charge on any atom is -0.497 e. The second-order valence-electron chi connectivity index (χ2n) is 3.74. The molecule has 2 heteroatoms. The van der Waals surface area contributed by atoms with Gasteiger partial charge in [0.25, 0.3) is 0 Å². The Morgan fingerprint density at radius 3 is 2.24 bits per heavy atom. The maximum absolute atomic E-state index is 5.38. The molecule has 1 aromatic rings. The number of ether oxygens (including phenoxy) is 1. The zero-order valence-corrected chi connectivity index (χ0v) is 11.7. The fraction of sp³-hybridized carbons (Fsp3) is 0.467. The van der Waals surface area contributed by atoms with Crippen molar-refractivity contribution >= 4 is 11.6 Å². The lowest BCUT2D eigenvalue weighted by Crippen LogP contribution is -1.83. The highest BCUT2D eigenvalue weighted by Crippen LogP contribution is 2.11. The smallest absolute Gasteiger partial charge is 0.118 e. The van der Waals surface area contributed by atoms with Crippen LogP contribution in [0.1, 0.15) is 31.7 Å². The molecule has 0 unspecified atom stereocenters. The van der Waals surface area contributed by atoms with E-state index < -0.39 is 0 Å². The third kappa shape index (κ3) is 8.82. The molecular formula is C15H23ClO. The number of alkyl halides is 1. The number of methoxy groups -OCH3 is 1. The van der Waals surface area contributed by atoms with Crippen molar-refractivity contribution in [2.45, 2.75) is 32.6 Å². The van der Waals surface area contributed by atoms with Gasteiger partial charge in [-0.15, -0.1) is 18.2 Å². The van der Waals surface area contributed by atoms with Crippen molar-refractivity contribution < 1.29 is 4.74 Å². The van der Waals surface area contributed by atoms with E-state index >= 15 is 0 Å². The predicted molar refractivity (Wildman–Crippen MR) is 77.1 cm³/mol. The summed E-state index contributed by atoms with van der Waals surface area (Å²) in [5.74, 6) is 1.73. The number of rotatable bonds is 6. The topological polar surface area (TPSA) is 9.23 Å². The van der Waals surface area contributed by atoms with E-state index in [1.807, 2.05) is 30.3 Å². The summed E-state index contributed by atoms with van der Waals surface area (Å²) in [7, 11) is 1.67. The van der Waals surface area contributed by atoms with Crippen molar-refractivity contribution in [3.8, 4) is 5.75 Å². The van der Waals surface area contributed by atoms with Gasteiger partial charge in [-0.25, -0.2) is 0 Å². The Labute approximate surface area is 110 Å². The molecule has 0 fully saturated rings. The summed E-state index contributed by atoms with van der Waals surface area (Å²) in [4.78, 5) is 0. The van der Waals surface area contributed by atoms with E-state index in [-0.39, 0.29) is 0 Å². The standard InChI is InChI=1S/C10H12O.C5H11Cl/c1-3-4-9-5-7-10(11-2)8-6-9;1-2-3-4-5-6/h3,5-8H,1,4H2,2H3;2-5H2,1H3. The first-order chi connectivity index (χ1) is 8.28. The van der Waals surface area contributed by atoms with Gasteiger partial charge in [0.05, 0.1) is 7.11 Å². The summed E-state index contributed by atoms with van der Waals surface area (Å²) in [6.07, 6.45) is 6.54. The molecule has 0 heterocycles. The molecule has 0 amide bonds. The van der Waals surface area contributed by atoms with Crippen LogP contribution in [0.5, 0.6) is 5.75 Å². The molecule has 0 spiro atoms. The largest absolute Gasteiger partial charge is 0.497 e. The van der Waals surface area contributed by atoms with Gasteiger partial charge in [0.1, 0.15) is 5.75 Å². The SMILES string of the molecule is C=CCc1ccc(OC)cc1.CCCCCCl. The van der Waals surface area contributed by atoms with Crippen LogP contribution in [0.15, 0.2) is 36.9 Å². The number of halogens is 1. The van der Waals surface area contributed by atoms with E-state index in [4.69, 9.17) is 16.3 Å². The zero-order chi connectivity index (χ0) is 12.9. The highest BCUT2D eigenvalue weighted by atomic mass is 35.5. The summed E-state index contributed by atoms with van der Waals surface area (Å²) in [5, 5.41) is 0. The van der Waals surface area contributed by atoms with E-state index in [2.05, 4.69) is 13.5 Å². The Bertz CT molecular complexity index is 275. The van der Waals surface area contributed by atoms with E-state index in [0.717, 1.165) is 18.1 Å². The molecule has 1 nitrogen and oxygen atoms in total. The lowest BCUT2D eigenvalue weighted by atomic mass is 10.1. The molecule has 96 valence electrons. The van der Waals surface area contributed by atoms with Crippen molar-refractivity contribution in [3.05, 3.63) is 42.5 Å². The lowest BCUT2D eigenvalue weighted by Gasteiger charge is -1.99. The van der Waals surface area contributed by atoms with Crippen LogP contribution in [-0.2, 0) is 6.42 Å². The minimum absolute atomic E-state index is 0.827. The quantitative estimate of drug-likeness (QED) is 0.401. The van der Waals surface area contributed by atoms with Crippen molar-refractivity contribution in [1.29, 1.82) is 0 Å². The Morgan fingerprint density at radius 2 is 1.88 bits per heavy atom. The van der Waals surface area contributed by atoms with Crippen LogP contribution in [0.2, 0.25) is 0 Å². The molecule has 1 aromatic carbocycles. The average Bonchev–Trinajstić information content (AvgIpc) is 2.38. The van der Waals surface area contributed by atoms with E-state index in [1.165, 1.54) is 24.8 Å². The first-order valence-corrected chi connectivity index (χ1v) is 6.61. The highest BCUT2D eigenvalue weighted by Gasteiger charge is 1.90. The molecule has 0 N–H and O–H groups in total. The number of hydrogen-bond acceptors (Lipinski definition) is 1. The molecule has 1 rings (SSSR count). The summed E-state index contributed by atoms with van der Waals surface area (Å²) < 4.78 is 5.02. The summed E-state index contributed by atoms with van der Waals surface area (Å²) in [5.41, 5.74) is 1.26. The third-order valence-electron chi connectivity index (χ3n) is 2.28. The second kappa shape index (κ2) is 11.5. The molecular weight excluding hydrogens is 232 g/mol. The molecule has 0 aliphatic heterocycles. The van der Waals surface area contributed by atoms with Crippen LogP contribution in [-0.4, -0.2) is 13.0 Å². The molecule has 0 radical (unpaired) electrons. The first kappa shape index (κ1) is 16.1.